The molecule has 0 atom stereocenters. The Kier molecular flexibility index (Phi) is 5.40. The number of hydrogen-bond acceptors (Lipinski definition) is 2. The second-order valence-electron chi connectivity index (χ2n) is 4.78. The molecule has 1 aromatic carbocycles. The molecule has 0 amide bonds. The lowest BCUT2D eigenvalue weighted by atomic mass is 10.1. The monoisotopic (exact) mass is 277 g/mol. The Hall–Kier alpha value is -1.35. The Morgan fingerprint density at radius 1 is 1.05 bits per heavy atom. The molecule has 0 unspecified atom stereocenters. The van der Waals surface area contributed by atoms with E-state index in [1.165, 1.54) is 32.1 Å². The summed E-state index contributed by atoms with van der Waals surface area (Å²) >= 11 is 5.87. The van der Waals surface area contributed by atoms with E-state index in [0.29, 0.717) is 0 Å². The molecule has 1 aromatic heterocycles. The molecule has 1 heterocycles. The highest BCUT2D eigenvalue weighted by molar-refractivity contribution is 6.30. The number of H-pyrrole nitrogens is 1. The Bertz CT molecular complexity index is 490. The molecule has 102 valence electrons. The molecule has 0 saturated heterocycles. The van der Waals surface area contributed by atoms with Gasteiger partial charge in [0.25, 0.3) is 0 Å². The number of hydrogen-bond donors (Lipinski definition) is 1. The molecule has 0 aliphatic carbocycles. The van der Waals surface area contributed by atoms with Gasteiger partial charge in [-0.2, -0.15) is 5.10 Å². The van der Waals surface area contributed by atoms with Crippen LogP contribution in [0.25, 0.3) is 11.4 Å². The first-order valence-electron chi connectivity index (χ1n) is 6.97. The van der Waals surface area contributed by atoms with Crippen molar-refractivity contribution >= 4 is 11.6 Å². The topological polar surface area (TPSA) is 41.6 Å². The van der Waals surface area contributed by atoms with Gasteiger partial charge >= 0.3 is 0 Å². The van der Waals surface area contributed by atoms with Crippen LogP contribution in [0.3, 0.4) is 0 Å². The minimum atomic E-state index is 0.732. The number of aryl methyl sites for hydroxylation is 1. The van der Waals surface area contributed by atoms with E-state index in [-0.39, 0.29) is 0 Å². The predicted molar refractivity (Wildman–Crippen MR) is 79.3 cm³/mol. The van der Waals surface area contributed by atoms with Gasteiger partial charge in [-0.1, -0.05) is 44.2 Å². The zero-order chi connectivity index (χ0) is 13.5. The van der Waals surface area contributed by atoms with Crippen molar-refractivity contribution in [1.29, 1.82) is 0 Å². The van der Waals surface area contributed by atoms with Gasteiger partial charge in [0.2, 0.25) is 0 Å². The first kappa shape index (κ1) is 14.1. The zero-order valence-corrected chi connectivity index (χ0v) is 12.1. The van der Waals surface area contributed by atoms with Crippen LogP contribution in [0.5, 0.6) is 0 Å². The molecule has 4 heteroatoms. The van der Waals surface area contributed by atoms with Crippen LogP contribution in [0.4, 0.5) is 0 Å². The van der Waals surface area contributed by atoms with E-state index in [2.05, 4.69) is 22.1 Å². The fraction of sp³-hybridized carbons (Fsp3) is 0.467. The van der Waals surface area contributed by atoms with Gasteiger partial charge in [-0.3, -0.25) is 5.10 Å². The molecule has 3 nitrogen and oxygen atoms in total. The van der Waals surface area contributed by atoms with Crippen molar-refractivity contribution in [2.45, 2.75) is 45.4 Å². The normalized spacial score (nSPS) is 10.8. The van der Waals surface area contributed by atoms with Crippen LogP contribution < -0.4 is 0 Å². The molecule has 0 radical (unpaired) electrons. The van der Waals surface area contributed by atoms with Crippen molar-refractivity contribution < 1.29 is 0 Å². The molecule has 2 rings (SSSR count). The average molecular weight is 278 g/mol. The van der Waals surface area contributed by atoms with Crippen LogP contribution in [0, 0.1) is 0 Å². The molecule has 0 fully saturated rings. The molecular formula is C15H20ClN3. The molecule has 1 N–H and O–H groups in total. The number of aromatic amines is 1. The van der Waals surface area contributed by atoms with Crippen LogP contribution in [0.15, 0.2) is 24.3 Å². The number of benzene rings is 1. The lowest BCUT2D eigenvalue weighted by Crippen LogP contribution is -1.89. The quantitative estimate of drug-likeness (QED) is 0.749. The maximum absolute atomic E-state index is 5.87. The standard InChI is InChI=1S/C15H20ClN3/c1-2-3-4-5-6-7-14-17-15(19-18-14)12-8-10-13(16)11-9-12/h8-11H,2-7H2,1H3,(H,17,18,19). The molecule has 2 aromatic rings. The summed E-state index contributed by atoms with van der Waals surface area (Å²) in [4.78, 5) is 4.52. The van der Waals surface area contributed by atoms with Crippen LogP contribution in [0.2, 0.25) is 5.02 Å². The van der Waals surface area contributed by atoms with E-state index in [9.17, 15) is 0 Å². The summed E-state index contributed by atoms with van der Waals surface area (Å²) in [6.07, 6.45) is 7.34. The Balaban J connectivity index is 1.86. The van der Waals surface area contributed by atoms with Crippen molar-refractivity contribution in [3.63, 3.8) is 0 Å². The Labute approximate surface area is 119 Å². The first-order valence-corrected chi connectivity index (χ1v) is 7.34. The number of unbranched alkanes of at least 4 members (excludes halogenated alkanes) is 4. The van der Waals surface area contributed by atoms with Crippen molar-refractivity contribution in [3.05, 3.63) is 35.1 Å². The number of halogens is 1. The van der Waals surface area contributed by atoms with E-state index in [1.54, 1.807) is 0 Å². The van der Waals surface area contributed by atoms with Crippen molar-refractivity contribution in [2.24, 2.45) is 0 Å². The van der Waals surface area contributed by atoms with E-state index in [4.69, 9.17) is 11.6 Å². The van der Waals surface area contributed by atoms with E-state index in [1.807, 2.05) is 24.3 Å². The second kappa shape index (κ2) is 7.29. The summed E-state index contributed by atoms with van der Waals surface area (Å²) < 4.78 is 0. The number of nitrogens with one attached hydrogen (secondary N) is 1. The highest BCUT2D eigenvalue weighted by atomic mass is 35.5. The van der Waals surface area contributed by atoms with Gasteiger partial charge in [0, 0.05) is 17.0 Å². The van der Waals surface area contributed by atoms with E-state index in [0.717, 1.165) is 28.7 Å². The molecule has 0 spiro atoms. The largest absolute Gasteiger partial charge is 0.263 e. The van der Waals surface area contributed by atoms with Gasteiger partial charge in [-0.25, -0.2) is 4.98 Å². The van der Waals surface area contributed by atoms with Gasteiger partial charge in [-0.05, 0) is 30.7 Å². The Morgan fingerprint density at radius 3 is 2.53 bits per heavy atom. The Morgan fingerprint density at radius 2 is 1.79 bits per heavy atom. The third-order valence-corrected chi connectivity index (χ3v) is 3.40. The number of nitrogens with zero attached hydrogens (tertiary/aromatic N) is 2. The van der Waals surface area contributed by atoms with E-state index < -0.39 is 0 Å². The fourth-order valence-electron chi connectivity index (χ4n) is 2.03. The van der Waals surface area contributed by atoms with Crippen LogP contribution >= 0.6 is 11.6 Å². The molecule has 0 aliphatic heterocycles. The maximum atomic E-state index is 5.87. The van der Waals surface area contributed by atoms with Gasteiger partial charge in [0.05, 0.1) is 0 Å². The molecule has 0 bridgehead atoms. The van der Waals surface area contributed by atoms with E-state index >= 15 is 0 Å². The van der Waals surface area contributed by atoms with Crippen molar-refractivity contribution in [2.75, 3.05) is 0 Å². The number of rotatable bonds is 7. The minimum absolute atomic E-state index is 0.732. The summed E-state index contributed by atoms with van der Waals surface area (Å²) in [5.74, 6) is 1.72. The summed E-state index contributed by atoms with van der Waals surface area (Å²) in [5.41, 5.74) is 0.998. The predicted octanol–water partition coefficient (Wildman–Crippen LogP) is 4.64. The zero-order valence-electron chi connectivity index (χ0n) is 11.3. The third kappa shape index (κ3) is 4.35. The lowest BCUT2D eigenvalue weighted by Gasteiger charge is -1.97. The molecule has 0 aliphatic rings. The van der Waals surface area contributed by atoms with Crippen LogP contribution in [0.1, 0.15) is 44.9 Å². The van der Waals surface area contributed by atoms with Crippen molar-refractivity contribution in [3.8, 4) is 11.4 Å². The second-order valence-corrected chi connectivity index (χ2v) is 5.21. The van der Waals surface area contributed by atoms with Gasteiger partial charge in [0.1, 0.15) is 5.82 Å². The third-order valence-electron chi connectivity index (χ3n) is 3.15. The maximum Gasteiger partial charge on any atom is 0.181 e. The minimum Gasteiger partial charge on any atom is -0.263 e. The molecule has 19 heavy (non-hydrogen) atoms. The van der Waals surface area contributed by atoms with Crippen LogP contribution in [-0.2, 0) is 6.42 Å². The lowest BCUT2D eigenvalue weighted by molar-refractivity contribution is 0.623. The smallest absolute Gasteiger partial charge is 0.181 e. The highest BCUT2D eigenvalue weighted by Gasteiger charge is 2.05. The highest BCUT2D eigenvalue weighted by Crippen LogP contribution is 2.18. The summed E-state index contributed by atoms with van der Waals surface area (Å²) in [6.45, 7) is 2.23. The SMILES string of the molecule is CCCCCCCc1nc(-c2ccc(Cl)cc2)n[nH]1. The summed E-state index contributed by atoms with van der Waals surface area (Å²) in [7, 11) is 0. The van der Waals surface area contributed by atoms with Crippen molar-refractivity contribution in [1.82, 2.24) is 15.2 Å². The van der Waals surface area contributed by atoms with Gasteiger partial charge < -0.3 is 0 Å². The molecule has 0 saturated carbocycles. The summed E-state index contributed by atoms with van der Waals surface area (Å²) in [6, 6.07) is 7.60. The number of aromatic nitrogens is 3. The summed E-state index contributed by atoms with van der Waals surface area (Å²) in [5, 5.41) is 8.00. The first-order chi connectivity index (χ1) is 9.29. The molecular weight excluding hydrogens is 258 g/mol. The fourth-order valence-corrected chi connectivity index (χ4v) is 2.16. The average Bonchev–Trinajstić information content (AvgIpc) is 2.88. The van der Waals surface area contributed by atoms with Gasteiger partial charge in [0.15, 0.2) is 5.82 Å². The van der Waals surface area contributed by atoms with Crippen LogP contribution in [-0.4, -0.2) is 15.2 Å². The van der Waals surface area contributed by atoms with Gasteiger partial charge in [-0.15, -0.1) is 0 Å².